The van der Waals surface area contributed by atoms with Crippen LogP contribution in [-0.4, -0.2) is 25.8 Å². The van der Waals surface area contributed by atoms with Gasteiger partial charge in [0.1, 0.15) is 0 Å². The molecule has 2 heteroatoms. The molecule has 0 radical (unpaired) electrons. The van der Waals surface area contributed by atoms with Gasteiger partial charge in [0.05, 0.1) is 6.61 Å². The third-order valence-corrected chi connectivity index (χ3v) is 4.00. The SMILES string of the molecule is CCCCOCCNC1CCCC(C)C1C. The van der Waals surface area contributed by atoms with Crippen LogP contribution in [0.25, 0.3) is 0 Å². The Balaban J connectivity index is 2.03. The summed E-state index contributed by atoms with van der Waals surface area (Å²) < 4.78 is 5.56. The van der Waals surface area contributed by atoms with Gasteiger partial charge in [0, 0.05) is 19.2 Å². The quantitative estimate of drug-likeness (QED) is 0.674. The van der Waals surface area contributed by atoms with E-state index in [0.29, 0.717) is 0 Å². The van der Waals surface area contributed by atoms with Crippen LogP contribution in [0.1, 0.15) is 52.9 Å². The first kappa shape index (κ1) is 14.0. The van der Waals surface area contributed by atoms with Gasteiger partial charge in [-0.3, -0.25) is 0 Å². The van der Waals surface area contributed by atoms with Crippen molar-refractivity contribution in [3.63, 3.8) is 0 Å². The lowest BCUT2D eigenvalue weighted by Crippen LogP contribution is -2.41. The normalized spacial score (nSPS) is 30.6. The van der Waals surface area contributed by atoms with Crippen molar-refractivity contribution in [2.75, 3.05) is 19.8 Å². The van der Waals surface area contributed by atoms with Gasteiger partial charge in [-0.15, -0.1) is 0 Å². The van der Waals surface area contributed by atoms with Gasteiger partial charge in [-0.1, -0.05) is 40.0 Å². The van der Waals surface area contributed by atoms with Gasteiger partial charge in [-0.2, -0.15) is 0 Å². The van der Waals surface area contributed by atoms with E-state index in [9.17, 15) is 0 Å². The van der Waals surface area contributed by atoms with Crippen molar-refractivity contribution in [2.24, 2.45) is 11.8 Å². The van der Waals surface area contributed by atoms with E-state index in [1.807, 2.05) is 0 Å². The lowest BCUT2D eigenvalue weighted by Gasteiger charge is -2.34. The summed E-state index contributed by atoms with van der Waals surface area (Å²) in [6.45, 7) is 9.79. The van der Waals surface area contributed by atoms with Crippen LogP contribution in [0.2, 0.25) is 0 Å². The molecule has 3 atom stereocenters. The van der Waals surface area contributed by atoms with Gasteiger partial charge in [0.15, 0.2) is 0 Å². The number of nitrogens with one attached hydrogen (secondary N) is 1. The predicted octanol–water partition coefficient (Wildman–Crippen LogP) is 3.22. The molecular weight excluding hydrogens is 198 g/mol. The third-order valence-electron chi connectivity index (χ3n) is 4.00. The number of rotatable bonds is 7. The van der Waals surface area contributed by atoms with Crippen LogP contribution in [-0.2, 0) is 4.74 Å². The zero-order valence-electron chi connectivity index (χ0n) is 11.3. The standard InChI is InChI=1S/C14H29NO/c1-4-5-10-16-11-9-15-14-8-6-7-12(2)13(14)3/h12-15H,4-11H2,1-3H3. The van der Waals surface area contributed by atoms with Crippen molar-refractivity contribution < 1.29 is 4.74 Å². The predicted molar refractivity (Wildman–Crippen MR) is 69.7 cm³/mol. The Morgan fingerprint density at radius 3 is 2.75 bits per heavy atom. The molecule has 1 saturated carbocycles. The molecule has 0 spiro atoms. The van der Waals surface area contributed by atoms with Crippen LogP contribution in [0.3, 0.4) is 0 Å². The number of hydrogen-bond donors (Lipinski definition) is 1. The summed E-state index contributed by atoms with van der Waals surface area (Å²) >= 11 is 0. The van der Waals surface area contributed by atoms with E-state index in [1.165, 1.54) is 32.1 Å². The fraction of sp³-hybridized carbons (Fsp3) is 1.00. The average Bonchev–Trinajstić information content (AvgIpc) is 2.29. The third kappa shape index (κ3) is 4.84. The summed E-state index contributed by atoms with van der Waals surface area (Å²) in [6, 6.07) is 0.721. The highest BCUT2D eigenvalue weighted by Crippen LogP contribution is 2.29. The van der Waals surface area contributed by atoms with Crippen LogP contribution in [0.15, 0.2) is 0 Å². The number of ether oxygens (including phenoxy) is 1. The minimum atomic E-state index is 0.721. The maximum Gasteiger partial charge on any atom is 0.0591 e. The zero-order valence-corrected chi connectivity index (χ0v) is 11.3. The molecule has 0 amide bonds. The largest absolute Gasteiger partial charge is 0.380 e. The van der Waals surface area contributed by atoms with Crippen LogP contribution >= 0.6 is 0 Å². The highest BCUT2D eigenvalue weighted by Gasteiger charge is 2.26. The second-order valence-corrected chi connectivity index (χ2v) is 5.29. The Bertz CT molecular complexity index is 172. The Morgan fingerprint density at radius 2 is 2.00 bits per heavy atom. The van der Waals surface area contributed by atoms with Gasteiger partial charge in [-0.05, 0) is 24.7 Å². The first-order chi connectivity index (χ1) is 7.75. The fourth-order valence-electron chi connectivity index (χ4n) is 2.54. The van der Waals surface area contributed by atoms with E-state index in [1.54, 1.807) is 0 Å². The molecule has 1 fully saturated rings. The molecule has 0 aromatic heterocycles. The second-order valence-electron chi connectivity index (χ2n) is 5.29. The Labute approximate surface area is 101 Å². The number of unbranched alkanes of at least 4 members (excludes halogenated alkanes) is 1. The van der Waals surface area contributed by atoms with Crippen molar-refractivity contribution in [3.8, 4) is 0 Å². The summed E-state index contributed by atoms with van der Waals surface area (Å²) in [5.41, 5.74) is 0. The van der Waals surface area contributed by atoms with Gasteiger partial charge < -0.3 is 10.1 Å². The molecule has 16 heavy (non-hydrogen) atoms. The van der Waals surface area contributed by atoms with Crippen molar-refractivity contribution >= 4 is 0 Å². The molecule has 2 nitrogen and oxygen atoms in total. The van der Waals surface area contributed by atoms with Crippen LogP contribution in [0.5, 0.6) is 0 Å². The molecule has 0 aromatic carbocycles. The molecule has 0 aromatic rings. The molecular formula is C14H29NO. The second kappa shape index (κ2) is 8.08. The van der Waals surface area contributed by atoms with Gasteiger partial charge in [0.25, 0.3) is 0 Å². The Kier molecular flexibility index (Phi) is 7.06. The lowest BCUT2D eigenvalue weighted by atomic mass is 9.78. The molecule has 1 N–H and O–H groups in total. The molecule has 1 rings (SSSR count). The summed E-state index contributed by atoms with van der Waals surface area (Å²) in [4.78, 5) is 0. The molecule has 0 heterocycles. The van der Waals surface area contributed by atoms with Gasteiger partial charge in [-0.25, -0.2) is 0 Å². The summed E-state index contributed by atoms with van der Waals surface area (Å²) in [6.07, 6.45) is 6.56. The molecule has 3 unspecified atom stereocenters. The smallest absolute Gasteiger partial charge is 0.0591 e. The van der Waals surface area contributed by atoms with Crippen molar-refractivity contribution in [1.29, 1.82) is 0 Å². The molecule has 1 aliphatic rings. The van der Waals surface area contributed by atoms with Crippen LogP contribution in [0, 0.1) is 11.8 Å². The van der Waals surface area contributed by atoms with E-state index < -0.39 is 0 Å². The molecule has 0 saturated heterocycles. The van der Waals surface area contributed by atoms with Crippen molar-refractivity contribution in [1.82, 2.24) is 5.32 Å². The Hall–Kier alpha value is -0.0800. The van der Waals surface area contributed by atoms with E-state index in [4.69, 9.17) is 4.74 Å². The van der Waals surface area contributed by atoms with Gasteiger partial charge in [0.2, 0.25) is 0 Å². The topological polar surface area (TPSA) is 21.3 Å². The minimum Gasteiger partial charge on any atom is -0.380 e. The fourth-order valence-corrected chi connectivity index (χ4v) is 2.54. The lowest BCUT2D eigenvalue weighted by molar-refractivity contribution is 0.122. The number of hydrogen-bond acceptors (Lipinski definition) is 2. The van der Waals surface area contributed by atoms with Gasteiger partial charge >= 0.3 is 0 Å². The Morgan fingerprint density at radius 1 is 1.19 bits per heavy atom. The average molecular weight is 227 g/mol. The molecule has 96 valence electrons. The maximum atomic E-state index is 5.56. The van der Waals surface area contributed by atoms with Crippen LogP contribution < -0.4 is 5.32 Å². The highest BCUT2D eigenvalue weighted by molar-refractivity contribution is 4.81. The van der Waals surface area contributed by atoms with E-state index in [0.717, 1.165) is 37.6 Å². The zero-order chi connectivity index (χ0) is 11.8. The monoisotopic (exact) mass is 227 g/mol. The van der Waals surface area contributed by atoms with E-state index in [2.05, 4.69) is 26.1 Å². The maximum absolute atomic E-state index is 5.56. The minimum absolute atomic E-state index is 0.721. The molecule has 0 aliphatic heterocycles. The van der Waals surface area contributed by atoms with Crippen molar-refractivity contribution in [3.05, 3.63) is 0 Å². The first-order valence-electron chi connectivity index (χ1n) is 7.06. The summed E-state index contributed by atoms with van der Waals surface area (Å²) in [7, 11) is 0. The van der Waals surface area contributed by atoms with E-state index in [-0.39, 0.29) is 0 Å². The van der Waals surface area contributed by atoms with Crippen molar-refractivity contribution in [2.45, 2.75) is 58.9 Å². The summed E-state index contributed by atoms with van der Waals surface area (Å²) in [5.74, 6) is 1.71. The molecule has 0 bridgehead atoms. The summed E-state index contributed by atoms with van der Waals surface area (Å²) in [5, 5.41) is 3.65. The van der Waals surface area contributed by atoms with Crippen LogP contribution in [0.4, 0.5) is 0 Å². The van der Waals surface area contributed by atoms with E-state index >= 15 is 0 Å². The highest BCUT2D eigenvalue weighted by atomic mass is 16.5. The molecule has 1 aliphatic carbocycles. The first-order valence-corrected chi connectivity index (χ1v) is 7.06.